The van der Waals surface area contributed by atoms with Gasteiger partial charge in [-0.25, -0.2) is 4.99 Å². The largest absolute Gasteiger partial charge is 0.357 e. The van der Waals surface area contributed by atoms with Crippen molar-refractivity contribution in [1.82, 2.24) is 25.3 Å². The summed E-state index contributed by atoms with van der Waals surface area (Å²) in [4.78, 5) is 35.9. The first-order chi connectivity index (χ1) is 15.1. The number of guanidine groups is 1. The van der Waals surface area contributed by atoms with E-state index in [4.69, 9.17) is 0 Å². The Kier molecular flexibility index (Phi) is 8.70. The monoisotopic (exact) mass is 428 g/mol. The topological polar surface area (TPSA) is 80.3 Å². The molecular weight excluding hydrogens is 392 g/mol. The first-order valence-electron chi connectivity index (χ1n) is 11.4. The molecule has 0 spiro atoms. The third kappa shape index (κ3) is 6.69. The van der Waals surface area contributed by atoms with Crippen LogP contribution >= 0.6 is 0 Å². The molecule has 3 rings (SSSR count). The maximum atomic E-state index is 12.7. The Bertz CT molecular complexity index is 740. The molecule has 2 aliphatic heterocycles. The number of piperazine rings is 1. The van der Waals surface area contributed by atoms with Crippen LogP contribution in [0.2, 0.25) is 0 Å². The first kappa shape index (κ1) is 23.1. The quantitative estimate of drug-likeness (QED) is 0.498. The Balaban J connectivity index is 1.47. The summed E-state index contributed by atoms with van der Waals surface area (Å²) >= 11 is 0. The molecule has 2 fully saturated rings. The molecule has 2 amide bonds. The maximum absolute atomic E-state index is 12.7. The smallest absolute Gasteiger partial charge is 0.242 e. The predicted molar refractivity (Wildman–Crippen MR) is 123 cm³/mol. The van der Waals surface area contributed by atoms with Crippen LogP contribution in [-0.4, -0.2) is 90.9 Å². The molecule has 8 heteroatoms. The molecule has 8 nitrogen and oxygen atoms in total. The summed E-state index contributed by atoms with van der Waals surface area (Å²) in [7, 11) is 0. The van der Waals surface area contributed by atoms with Crippen LogP contribution in [0.1, 0.15) is 32.3 Å². The highest BCUT2D eigenvalue weighted by molar-refractivity contribution is 5.85. The van der Waals surface area contributed by atoms with Gasteiger partial charge in [0.05, 0.1) is 6.04 Å². The number of carbonyl (C=O) groups is 2. The van der Waals surface area contributed by atoms with Gasteiger partial charge in [-0.3, -0.25) is 14.5 Å². The van der Waals surface area contributed by atoms with E-state index in [0.29, 0.717) is 6.54 Å². The minimum atomic E-state index is -0.0947. The van der Waals surface area contributed by atoms with Gasteiger partial charge < -0.3 is 20.4 Å². The minimum Gasteiger partial charge on any atom is -0.357 e. The highest BCUT2D eigenvalue weighted by Gasteiger charge is 2.30. The molecule has 0 saturated carbocycles. The number of nitrogens with one attached hydrogen (secondary N) is 2. The SMILES string of the molecule is CCNC(=NCC(=O)NCc1ccccc1)N1CCN(C(C)C(=O)N2CCCC2)CC1. The zero-order chi connectivity index (χ0) is 22.1. The first-order valence-corrected chi connectivity index (χ1v) is 11.4. The van der Waals surface area contributed by atoms with Gasteiger partial charge in [-0.15, -0.1) is 0 Å². The van der Waals surface area contributed by atoms with Crippen LogP contribution in [0, 0.1) is 0 Å². The Hall–Kier alpha value is -2.61. The number of aliphatic imine (C=N–C) groups is 1. The van der Waals surface area contributed by atoms with Gasteiger partial charge in [0.1, 0.15) is 6.54 Å². The van der Waals surface area contributed by atoms with Crippen molar-refractivity contribution >= 4 is 17.8 Å². The van der Waals surface area contributed by atoms with Gasteiger partial charge >= 0.3 is 0 Å². The van der Waals surface area contributed by atoms with Gasteiger partial charge in [0.15, 0.2) is 5.96 Å². The number of amides is 2. The van der Waals surface area contributed by atoms with Gasteiger partial charge in [-0.05, 0) is 32.3 Å². The third-order valence-electron chi connectivity index (χ3n) is 5.98. The molecule has 2 aliphatic rings. The second kappa shape index (κ2) is 11.7. The molecule has 0 radical (unpaired) electrons. The highest BCUT2D eigenvalue weighted by atomic mass is 16.2. The summed E-state index contributed by atoms with van der Waals surface area (Å²) in [5.74, 6) is 0.917. The number of rotatable bonds is 7. The van der Waals surface area contributed by atoms with Crippen molar-refractivity contribution < 1.29 is 9.59 Å². The standard InChI is InChI=1S/C23H36N6O2/c1-3-24-23(26-18-21(30)25-17-20-9-5-4-6-10-20)29-15-13-27(14-16-29)19(2)22(31)28-11-7-8-12-28/h4-6,9-10,19H,3,7-8,11-18H2,1-2H3,(H,24,26)(H,25,30). The summed E-state index contributed by atoms with van der Waals surface area (Å²) in [5.41, 5.74) is 1.07. The summed E-state index contributed by atoms with van der Waals surface area (Å²) in [6, 6.07) is 9.78. The van der Waals surface area contributed by atoms with E-state index >= 15 is 0 Å². The van der Waals surface area contributed by atoms with Crippen LogP contribution in [0.5, 0.6) is 0 Å². The number of hydrogen-bond donors (Lipinski definition) is 2. The molecule has 1 aromatic rings. The Labute approximate surface area is 185 Å². The molecular formula is C23H36N6O2. The number of carbonyl (C=O) groups excluding carboxylic acids is 2. The fourth-order valence-corrected chi connectivity index (χ4v) is 4.10. The lowest BCUT2D eigenvalue weighted by Crippen LogP contribution is -2.57. The zero-order valence-electron chi connectivity index (χ0n) is 18.8. The van der Waals surface area contributed by atoms with Gasteiger partial charge in [-0.2, -0.15) is 0 Å². The fraction of sp³-hybridized carbons (Fsp3) is 0.609. The predicted octanol–water partition coefficient (Wildman–Crippen LogP) is 0.897. The van der Waals surface area contributed by atoms with Crippen LogP contribution in [-0.2, 0) is 16.1 Å². The minimum absolute atomic E-state index is 0.0801. The van der Waals surface area contributed by atoms with Crippen molar-refractivity contribution in [3.8, 4) is 0 Å². The lowest BCUT2D eigenvalue weighted by molar-refractivity contribution is -0.135. The van der Waals surface area contributed by atoms with Crippen molar-refractivity contribution in [1.29, 1.82) is 0 Å². The van der Waals surface area contributed by atoms with Crippen LogP contribution in [0.15, 0.2) is 35.3 Å². The molecule has 1 atom stereocenters. The van der Waals surface area contributed by atoms with E-state index in [1.807, 2.05) is 49.1 Å². The average molecular weight is 429 g/mol. The second-order valence-electron chi connectivity index (χ2n) is 8.16. The summed E-state index contributed by atoms with van der Waals surface area (Å²) in [6.07, 6.45) is 2.24. The van der Waals surface area contributed by atoms with Crippen molar-refractivity contribution in [3.63, 3.8) is 0 Å². The summed E-state index contributed by atoms with van der Waals surface area (Å²) < 4.78 is 0. The molecule has 1 unspecified atom stereocenters. The number of nitrogens with zero attached hydrogens (tertiary/aromatic N) is 4. The van der Waals surface area contributed by atoms with Gasteiger partial charge in [0, 0.05) is 52.4 Å². The van der Waals surface area contributed by atoms with Gasteiger partial charge in [0.2, 0.25) is 11.8 Å². The van der Waals surface area contributed by atoms with Crippen molar-refractivity contribution in [2.75, 3.05) is 52.4 Å². The second-order valence-corrected chi connectivity index (χ2v) is 8.16. The van der Waals surface area contributed by atoms with E-state index in [0.717, 1.165) is 70.2 Å². The van der Waals surface area contributed by atoms with E-state index < -0.39 is 0 Å². The van der Waals surface area contributed by atoms with Gasteiger partial charge in [0.25, 0.3) is 0 Å². The van der Waals surface area contributed by atoms with Crippen molar-refractivity contribution in [3.05, 3.63) is 35.9 Å². The molecule has 2 N–H and O–H groups in total. The lowest BCUT2D eigenvalue weighted by Gasteiger charge is -2.39. The van der Waals surface area contributed by atoms with Crippen LogP contribution in [0.3, 0.4) is 0 Å². The van der Waals surface area contributed by atoms with Crippen LogP contribution in [0.25, 0.3) is 0 Å². The van der Waals surface area contributed by atoms with E-state index in [1.54, 1.807) is 0 Å². The van der Waals surface area contributed by atoms with Crippen LogP contribution in [0.4, 0.5) is 0 Å². The van der Waals surface area contributed by atoms with E-state index in [1.165, 1.54) is 0 Å². The third-order valence-corrected chi connectivity index (χ3v) is 5.98. The molecule has 2 heterocycles. The lowest BCUT2D eigenvalue weighted by atomic mass is 10.2. The molecule has 2 saturated heterocycles. The molecule has 1 aromatic carbocycles. The number of hydrogen-bond acceptors (Lipinski definition) is 4. The van der Waals surface area contributed by atoms with Crippen LogP contribution < -0.4 is 10.6 Å². The van der Waals surface area contributed by atoms with E-state index in [2.05, 4.69) is 25.4 Å². The highest BCUT2D eigenvalue weighted by Crippen LogP contribution is 2.14. The van der Waals surface area contributed by atoms with Gasteiger partial charge in [-0.1, -0.05) is 30.3 Å². The van der Waals surface area contributed by atoms with E-state index in [9.17, 15) is 9.59 Å². The van der Waals surface area contributed by atoms with Crippen molar-refractivity contribution in [2.24, 2.45) is 4.99 Å². The zero-order valence-corrected chi connectivity index (χ0v) is 18.8. The maximum Gasteiger partial charge on any atom is 0.242 e. The molecule has 31 heavy (non-hydrogen) atoms. The fourth-order valence-electron chi connectivity index (χ4n) is 4.10. The summed E-state index contributed by atoms with van der Waals surface area (Å²) in [5, 5.41) is 6.21. The molecule has 0 aliphatic carbocycles. The normalized spacial score (nSPS) is 18.7. The Morgan fingerprint density at radius 1 is 0.968 bits per heavy atom. The van der Waals surface area contributed by atoms with Crippen molar-refractivity contribution in [2.45, 2.75) is 39.3 Å². The molecule has 0 aromatic heterocycles. The molecule has 170 valence electrons. The number of likely N-dealkylation sites (tertiary alicyclic amines) is 1. The summed E-state index contributed by atoms with van der Waals surface area (Å²) in [6.45, 7) is 10.4. The van der Waals surface area contributed by atoms with E-state index in [-0.39, 0.29) is 24.4 Å². The Morgan fingerprint density at radius 3 is 2.29 bits per heavy atom. The average Bonchev–Trinajstić information content (AvgIpc) is 3.35. The molecule has 0 bridgehead atoms. The number of benzene rings is 1. The Morgan fingerprint density at radius 2 is 1.65 bits per heavy atom.